The molecule has 1 aliphatic carbocycles. The van der Waals surface area contributed by atoms with Crippen LogP contribution in [0.15, 0.2) is 23.1 Å². The first-order chi connectivity index (χ1) is 14.3. The van der Waals surface area contributed by atoms with Gasteiger partial charge < -0.3 is 10.1 Å². The topological polar surface area (TPSA) is 103 Å². The maximum absolute atomic E-state index is 13.0. The summed E-state index contributed by atoms with van der Waals surface area (Å²) in [6.45, 7) is 5.04. The van der Waals surface area contributed by atoms with Gasteiger partial charge in [-0.15, -0.1) is 0 Å². The molecule has 0 atom stereocenters. The van der Waals surface area contributed by atoms with Crippen LogP contribution in [0.5, 0.6) is 5.75 Å². The summed E-state index contributed by atoms with van der Waals surface area (Å²) in [7, 11) is -3.63. The number of nitrogens with zero attached hydrogens (tertiary/aromatic N) is 3. The Morgan fingerprint density at radius 2 is 2.00 bits per heavy atom. The van der Waals surface area contributed by atoms with Crippen LogP contribution in [0.2, 0.25) is 0 Å². The number of amides is 1. The fraction of sp³-hybridized carbons (Fsp3) is 0.619. The summed E-state index contributed by atoms with van der Waals surface area (Å²) in [6, 6.07) is 6.97. The van der Waals surface area contributed by atoms with Gasteiger partial charge in [0.25, 0.3) is 0 Å². The average Bonchev–Trinajstić information content (AvgIpc) is 3.54. The lowest BCUT2D eigenvalue weighted by Crippen LogP contribution is -2.36. The van der Waals surface area contributed by atoms with Gasteiger partial charge in [-0.25, -0.2) is 8.42 Å². The lowest BCUT2D eigenvalue weighted by atomic mass is 10.2. The Morgan fingerprint density at radius 1 is 1.30 bits per heavy atom. The van der Waals surface area contributed by atoms with Crippen LogP contribution in [0.4, 0.5) is 5.69 Å². The van der Waals surface area contributed by atoms with E-state index in [0.29, 0.717) is 24.5 Å². The van der Waals surface area contributed by atoms with Crippen molar-refractivity contribution in [3.8, 4) is 11.8 Å². The number of rotatable bonds is 9. The van der Waals surface area contributed by atoms with Crippen molar-refractivity contribution >= 4 is 21.6 Å². The second-order valence-corrected chi connectivity index (χ2v) is 10.1. The van der Waals surface area contributed by atoms with Crippen LogP contribution in [0.3, 0.4) is 0 Å². The van der Waals surface area contributed by atoms with E-state index in [1.54, 1.807) is 6.07 Å². The van der Waals surface area contributed by atoms with Gasteiger partial charge in [-0.2, -0.15) is 9.57 Å². The third-order valence-electron chi connectivity index (χ3n) is 5.22. The molecule has 8 nitrogen and oxygen atoms in total. The van der Waals surface area contributed by atoms with Crippen molar-refractivity contribution in [1.29, 1.82) is 5.26 Å². The fourth-order valence-corrected chi connectivity index (χ4v) is 5.14. The number of carbonyl (C=O) groups is 1. The van der Waals surface area contributed by atoms with E-state index in [-0.39, 0.29) is 36.0 Å². The molecule has 1 aromatic carbocycles. The maximum Gasteiger partial charge on any atom is 0.243 e. The smallest absolute Gasteiger partial charge is 0.243 e. The minimum atomic E-state index is -3.63. The van der Waals surface area contributed by atoms with Crippen molar-refractivity contribution in [3.63, 3.8) is 0 Å². The third-order valence-corrected chi connectivity index (χ3v) is 7.12. The number of carbonyl (C=O) groups excluding carboxylic acids is 1. The first-order valence-corrected chi connectivity index (χ1v) is 12.0. The molecule has 0 radical (unpaired) electrons. The van der Waals surface area contributed by atoms with Crippen molar-refractivity contribution in [3.05, 3.63) is 18.2 Å². The summed E-state index contributed by atoms with van der Waals surface area (Å²) in [6.07, 6.45) is 4.59. The molecule has 0 aromatic heterocycles. The zero-order chi connectivity index (χ0) is 21.7. The van der Waals surface area contributed by atoms with E-state index in [1.165, 1.54) is 16.4 Å². The number of ether oxygens (including phenoxy) is 1. The number of anilines is 1. The van der Waals surface area contributed by atoms with E-state index in [0.717, 1.165) is 32.1 Å². The molecule has 2 fully saturated rings. The van der Waals surface area contributed by atoms with Crippen LogP contribution < -0.4 is 10.1 Å². The maximum atomic E-state index is 13.0. The van der Waals surface area contributed by atoms with Gasteiger partial charge >= 0.3 is 0 Å². The molecule has 30 heavy (non-hydrogen) atoms. The molecular weight excluding hydrogens is 404 g/mol. The van der Waals surface area contributed by atoms with Crippen molar-refractivity contribution < 1.29 is 17.9 Å². The summed E-state index contributed by atoms with van der Waals surface area (Å²) >= 11 is 0. The standard InChI is InChI=1S/C21H30N4O4S/c1-16(2)29-20-9-8-18(30(27,28)25-11-4-3-5-12-25)14-19(20)23-21(26)15-24(13-10-22)17-6-7-17/h8-9,14,16-17H,3-7,11-13,15H2,1-2H3,(H,23,26). The zero-order valence-electron chi connectivity index (χ0n) is 17.6. The normalized spacial score (nSPS) is 17.7. The predicted molar refractivity (Wildman–Crippen MR) is 114 cm³/mol. The lowest BCUT2D eigenvalue weighted by Gasteiger charge is -2.26. The molecule has 2 aliphatic rings. The monoisotopic (exact) mass is 434 g/mol. The van der Waals surface area contributed by atoms with Gasteiger partial charge in [0, 0.05) is 19.1 Å². The predicted octanol–water partition coefficient (Wildman–Crippen LogP) is 2.57. The molecule has 0 bridgehead atoms. The van der Waals surface area contributed by atoms with E-state index < -0.39 is 10.0 Å². The Kier molecular flexibility index (Phi) is 7.34. The number of nitrogens with one attached hydrogen (secondary N) is 1. The number of hydrogen-bond acceptors (Lipinski definition) is 6. The van der Waals surface area contributed by atoms with E-state index >= 15 is 0 Å². The molecule has 9 heteroatoms. The third kappa shape index (κ3) is 5.72. The Bertz CT molecular complexity index is 900. The van der Waals surface area contributed by atoms with Crippen molar-refractivity contribution in [2.75, 3.05) is 31.5 Å². The van der Waals surface area contributed by atoms with Gasteiger partial charge in [-0.1, -0.05) is 6.42 Å². The van der Waals surface area contributed by atoms with Crippen molar-refractivity contribution in [2.45, 2.75) is 63.0 Å². The molecule has 1 aliphatic heterocycles. The highest BCUT2D eigenvalue weighted by Gasteiger charge is 2.31. The Balaban J connectivity index is 1.82. The quantitative estimate of drug-likeness (QED) is 0.599. The van der Waals surface area contributed by atoms with Crippen LogP contribution in [0.1, 0.15) is 46.0 Å². The number of piperidine rings is 1. The Hall–Kier alpha value is -2.15. The average molecular weight is 435 g/mol. The van der Waals surface area contributed by atoms with E-state index in [1.807, 2.05) is 18.7 Å². The minimum Gasteiger partial charge on any atom is -0.489 e. The first kappa shape index (κ1) is 22.5. The number of sulfonamides is 1. The summed E-state index contributed by atoms with van der Waals surface area (Å²) in [5.41, 5.74) is 0.333. The zero-order valence-corrected chi connectivity index (χ0v) is 18.5. The summed E-state index contributed by atoms with van der Waals surface area (Å²) in [4.78, 5) is 14.6. The highest BCUT2D eigenvalue weighted by Crippen LogP contribution is 2.31. The Labute approximate surface area is 178 Å². The minimum absolute atomic E-state index is 0.0858. The molecular formula is C21H30N4O4S. The highest BCUT2D eigenvalue weighted by molar-refractivity contribution is 7.89. The summed E-state index contributed by atoms with van der Waals surface area (Å²) in [5, 5.41) is 11.8. The van der Waals surface area contributed by atoms with Gasteiger partial charge in [0.1, 0.15) is 5.75 Å². The molecule has 1 N–H and O–H groups in total. The number of nitriles is 1. The number of benzene rings is 1. The SMILES string of the molecule is CC(C)Oc1ccc(S(=O)(=O)N2CCCCC2)cc1NC(=O)CN(CC#N)C1CC1. The van der Waals surface area contributed by atoms with Crippen molar-refractivity contribution in [1.82, 2.24) is 9.21 Å². The second-order valence-electron chi connectivity index (χ2n) is 8.13. The number of hydrogen-bond donors (Lipinski definition) is 1. The second kappa shape index (κ2) is 9.77. The van der Waals surface area contributed by atoms with Crippen LogP contribution in [-0.4, -0.2) is 61.9 Å². The van der Waals surface area contributed by atoms with Crippen LogP contribution >= 0.6 is 0 Å². The van der Waals surface area contributed by atoms with Gasteiger partial charge in [0.05, 0.1) is 35.8 Å². The van der Waals surface area contributed by atoms with Gasteiger partial charge in [0.15, 0.2) is 0 Å². The molecule has 1 saturated carbocycles. The van der Waals surface area contributed by atoms with Gasteiger partial charge in [0.2, 0.25) is 15.9 Å². The molecule has 1 aromatic rings. The van der Waals surface area contributed by atoms with E-state index in [4.69, 9.17) is 10.00 Å². The molecule has 0 spiro atoms. The van der Waals surface area contributed by atoms with Crippen LogP contribution in [-0.2, 0) is 14.8 Å². The highest BCUT2D eigenvalue weighted by atomic mass is 32.2. The molecule has 164 valence electrons. The molecule has 0 unspecified atom stereocenters. The van der Waals surface area contributed by atoms with Crippen molar-refractivity contribution in [2.24, 2.45) is 0 Å². The molecule has 1 saturated heterocycles. The fourth-order valence-electron chi connectivity index (χ4n) is 3.60. The summed E-state index contributed by atoms with van der Waals surface area (Å²) in [5.74, 6) is 0.132. The largest absolute Gasteiger partial charge is 0.489 e. The molecule has 1 heterocycles. The molecule has 1 amide bonds. The summed E-state index contributed by atoms with van der Waals surface area (Å²) < 4.78 is 33.4. The van der Waals surface area contributed by atoms with Gasteiger partial charge in [-0.05, 0) is 57.7 Å². The molecule has 3 rings (SSSR count). The van der Waals surface area contributed by atoms with E-state index in [9.17, 15) is 13.2 Å². The van der Waals surface area contributed by atoms with Crippen LogP contribution in [0.25, 0.3) is 0 Å². The van der Waals surface area contributed by atoms with Crippen LogP contribution in [0, 0.1) is 11.3 Å². The lowest BCUT2D eigenvalue weighted by molar-refractivity contribution is -0.117. The first-order valence-electron chi connectivity index (χ1n) is 10.5. The van der Waals surface area contributed by atoms with E-state index in [2.05, 4.69) is 11.4 Å². The Morgan fingerprint density at radius 3 is 2.60 bits per heavy atom. The van der Waals surface area contributed by atoms with Gasteiger partial charge in [-0.3, -0.25) is 9.69 Å².